The predicted molar refractivity (Wildman–Crippen MR) is 72.4 cm³/mol. The van der Waals surface area contributed by atoms with Crippen LogP contribution in [0, 0.1) is 17.2 Å². The van der Waals surface area contributed by atoms with Gasteiger partial charge in [-0.2, -0.15) is 9.64 Å². The Morgan fingerprint density at radius 1 is 1.50 bits per heavy atom. The molecule has 1 aromatic rings. The summed E-state index contributed by atoms with van der Waals surface area (Å²) in [4.78, 5) is 2.60. The second-order valence-electron chi connectivity index (χ2n) is 5.15. The first kappa shape index (κ1) is 11.8. The monoisotopic (exact) mass is 263 g/mol. The number of nitrogens with two attached hydrogens (primary N) is 1. The van der Waals surface area contributed by atoms with Gasteiger partial charge < -0.3 is 16.0 Å². The summed E-state index contributed by atoms with van der Waals surface area (Å²) < 4.78 is 4.01. The minimum atomic E-state index is 0.344. The van der Waals surface area contributed by atoms with Crippen molar-refractivity contribution in [2.45, 2.75) is 25.3 Å². The van der Waals surface area contributed by atoms with Crippen LogP contribution in [-0.2, 0) is 0 Å². The summed E-state index contributed by atoms with van der Waals surface area (Å²) in [5.41, 5.74) is 6.13. The first-order valence-electron chi connectivity index (χ1n) is 6.41. The van der Waals surface area contributed by atoms with Gasteiger partial charge in [-0.05, 0) is 43.3 Å². The van der Waals surface area contributed by atoms with E-state index in [0.717, 1.165) is 17.6 Å². The topological polar surface area (TPSA) is 78.0 Å². The molecule has 0 bridgehead atoms. The molecule has 96 valence electrons. The third kappa shape index (κ3) is 2.28. The number of nitrogens with one attached hydrogen (secondary N) is 1. The van der Waals surface area contributed by atoms with Crippen molar-refractivity contribution in [3.05, 3.63) is 5.56 Å². The molecule has 3 rings (SSSR count). The average molecular weight is 263 g/mol. The highest BCUT2D eigenvalue weighted by Crippen LogP contribution is 2.32. The number of nitrogen functional groups attached to an aromatic ring is 1. The van der Waals surface area contributed by atoms with Crippen LogP contribution in [0.3, 0.4) is 0 Å². The van der Waals surface area contributed by atoms with Crippen LogP contribution in [0.25, 0.3) is 0 Å². The Kier molecular flexibility index (Phi) is 3.10. The fraction of sp³-hybridized carbons (Fsp3) is 0.667. The number of hydrogen-bond donors (Lipinski definition) is 2. The van der Waals surface area contributed by atoms with E-state index in [4.69, 9.17) is 11.0 Å². The van der Waals surface area contributed by atoms with E-state index in [-0.39, 0.29) is 0 Å². The van der Waals surface area contributed by atoms with E-state index in [9.17, 15) is 0 Å². The fourth-order valence-electron chi connectivity index (χ4n) is 2.57. The van der Waals surface area contributed by atoms with Crippen molar-refractivity contribution in [2.24, 2.45) is 5.92 Å². The molecule has 1 unspecified atom stereocenters. The number of hydrogen-bond acceptors (Lipinski definition) is 6. The Bertz CT molecular complexity index is 473. The van der Waals surface area contributed by atoms with Gasteiger partial charge in [-0.1, -0.05) is 0 Å². The highest BCUT2D eigenvalue weighted by molar-refractivity contribution is 7.10. The molecule has 0 aromatic carbocycles. The van der Waals surface area contributed by atoms with Gasteiger partial charge in [0.15, 0.2) is 5.82 Å². The molecule has 1 aliphatic heterocycles. The normalized spacial score (nSPS) is 24.1. The molecule has 1 saturated carbocycles. The van der Waals surface area contributed by atoms with Crippen molar-refractivity contribution in [1.29, 1.82) is 5.26 Å². The maximum atomic E-state index is 8.99. The van der Waals surface area contributed by atoms with Crippen molar-refractivity contribution in [3.63, 3.8) is 0 Å². The van der Waals surface area contributed by atoms with Crippen molar-refractivity contribution in [2.75, 3.05) is 30.7 Å². The Balaban J connectivity index is 1.53. The third-order valence-electron chi connectivity index (χ3n) is 3.76. The SMILES string of the molecule is N#Cc1c(N)nsc1NCC1CCN(C2CC2)C1. The van der Waals surface area contributed by atoms with E-state index < -0.39 is 0 Å². The Morgan fingerprint density at radius 3 is 3.06 bits per heavy atom. The van der Waals surface area contributed by atoms with Crippen LogP contribution in [0.1, 0.15) is 24.8 Å². The molecular formula is C12H17N5S. The number of aromatic nitrogens is 1. The van der Waals surface area contributed by atoms with Gasteiger partial charge in [-0.25, -0.2) is 0 Å². The quantitative estimate of drug-likeness (QED) is 0.860. The van der Waals surface area contributed by atoms with E-state index >= 15 is 0 Å². The molecule has 3 N–H and O–H groups in total. The smallest absolute Gasteiger partial charge is 0.157 e. The minimum absolute atomic E-state index is 0.344. The Hall–Kier alpha value is -1.32. The zero-order valence-corrected chi connectivity index (χ0v) is 11.0. The van der Waals surface area contributed by atoms with Crippen LogP contribution < -0.4 is 11.1 Å². The van der Waals surface area contributed by atoms with Gasteiger partial charge in [-0.15, -0.1) is 0 Å². The Morgan fingerprint density at radius 2 is 2.33 bits per heavy atom. The lowest BCUT2D eigenvalue weighted by Crippen LogP contribution is -2.24. The van der Waals surface area contributed by atoms with Crippen LogP contribution in [0.15, 0.2) is 0 Å². The number of nitrogens with zero attached hydrogens (tertiary/aromatic N) is 3. The van der Waals surface area contributed by atoms with Crippen molar-refractivity contribution in [1.82, 2.24) is 9.27 Å². The third-order valence-corrected chi connectivity index (χ3v) is 4.58. The molecule has 0 radical (unpaired) electrons. The lowest BCUT2D eigenvalue weighted by Gasteiger charge is -2.15. The summed E-state index contributed by atoms with van der Waals surface area (Å²) in [6, 6.07) is 2.97. The molecule has 0 spiro atoms. The minimum Gasteiger partial charge on any atom is -0.382 e. The molecule has 1 saturated heterocycles. The largest absolute Gasteiger partial charge is 0.382 e. The first-order valence-corrected chi connectivity index (χ1v) is 7.18. The van der Waals surface area contributed by atoms with E-state index in [1.54, 1.807) is 0 Å². The molecule has 6 heteroatoms. The van der Waals surface area contributed by atoms with Crippen molar-refractivity contribution < 1.29 is 0 Å². The van der Waals surface area contributed by atoms with Crippen LogP contribution in [0.2, 0.25) is 0 Å². The standard InChI is InChI=1S/C12H17N5S/c13-5-10-11(14)16-18-12(10)15-6-8-3-4-17(7-8)9-1-2-9/h8-9,15H,1-4,6-7H2,(H2,14,16). The lowest BCUT2D eigenvalue weighted by atomic mass is 10.1. The van der Waals surface area contributed by atoms with E-state index in [1.807, 2.05) is 0 Å². The molecule has 2 heterocycles. The number of nitriles is 1. The molecule has 18 heavy (non-hydrogen) atoms. The second kappa shape index (κ2) is 4.75. The maximum absolute atomic E-state index is 8.99. The van der Waals surface area contributed by atoms with Crippen molar-refractivity contribution in [3.8, 4) is 6.07 Å². The van der Waals surface area contributed by atoms with Gasteiger partial charge in [0.05, 0.1) is 0 Å². The van der Waals surface area contributed by atoms with E-state index in [1.165, 1.54) is 43.9 Å². The second-order valence-corrected chi connectivity index (χ2v) is 5.92. The van der Waals surface area contributed by atoms with Gasteiger partial charge in [0.1, 0.15) is 16.6 Å². The summed E-state index contributed by atoms with van der Waals surface area (Å²) >= 11 is 1.28. The van der Waals surface area contributed by atoms with E-state index in [2.05, 4.69) is 20.7 Å². The summed E-state index contributed by atoms with van der Waals surface area (Å²) in [6.07, 6.45) is 4.01. The van der Waals surface area contributed by atoms with Crippen LogP contribution >= 0.6 is 11.5 Å². The highest BCUT2D eigenvalue weighted by Gasteiger charge is 2.34. The molecule has 1 aliphatic carbocycles. The zero-order valence-electron chi connectivity index (χ0n) is 10.2. The van der Waals surface area contributed by atoms with Gasteiger partial charge in [-0.3, -0.25) is 0 Å². The maximum Gasteiger partial charge on any atom is 0.157 e. The molecule has 0 amide bonds. The predicted octanol–water partition coefficient (Wildman–Crippen LogP) is 1.49. The molecule has 5 nitrogen and oxygen atoms in total. The van der Waals surface area contributed by atoms with E-state index in [0.29, 0.717) is 17.3 Å². The van der Waals surface area contributed by atoms with Crippen LogP contribution in [0.4, 0.5) is 10.8 Å². The van der Waals surface area contributed by atoms with Gasteiger partial charge in [0, 0.05) is 19.1 Å². The van der Waals surface area contributed by atoms with Gasteiger partial charge >= 0.3 is 0 Å². The lowest BCUT2D eigenvalue weighted by molar-refractivity contribution is 0.316. The molecule has 1 aromatic heterocycles. The highest BCUT2D eigenvalue weighted by atomic mass is 32.1. The van der Waals surface area contributed by atoms with Gasteiger partial charge in [0.25, 0.3) is 0 Å². The fourth-order valence-corrected chi connectivity index (χ4v) is 3.24. The summed E-state index contributed by atoms with van der Waals surface area (Å²) in [7, 11) is 0. The molecule has 2 fully saturated rings. The first-order chi connectivity index (χ1) is 8.78. The summed E-state index contributed by atoms with van der Waals surface area (Å²) in [5, 5.41) is 13.1. The summed E-state index contributed by atoms with van der Waals surface area (Å²) in [6.45, 7) is 3.33. The van der Waals surface area contributed by atoms with Crippen molar-refractivity contribution >= 4 is 22.4 Å². The molecule has 2 aliphatic rings. The summed E-state index contributed by atoms with van der Waals surface area (Å²) in [5.74, 6) is 1.02. The zero-order chi connectivity index (χ0) is 12.5. The molecule has 1 atom stereocenters. The number of anilines is 2. The number of likely N-dealkylation sites (tertiary alicyclic amines) is 1. The van der Waals surface area contributed by atoms with Gasteiger partial charge in [0.2, 0.25) is 0 Å². The molecular weight excluding hydrogens is 246 g/mol. The van der Waals surface area contributed by atoms with Crippen LogP contribution in [0.5, 0.6) is 0 Å². The number of rotatable bonds is 4. The average Bonchev–Trinajstić information content (AvgIpc) is 3.01. The Labute approximate surface area is 111 Å². The van der Waals surface area contributed by atoms with Crippen LogP contribution in [-0.4, -0.2) is 34.9 Å².